The van der Waals surface area contributed by atoms with Crippen molar-refractivity contribution in [3.63, 3.8) is 0 Å². The summed E-state index contributed by atoms with van der Waals surface area (Å²) in [6.45, 7) is 28.5. The standard InChI is InChI=1S/C19H28N4O3.C17H25BrN4O3.C8H15BO2/c1-4-15-13-18(23(24)25)19(26-3)14-17(15)22-7-5-16(6-8-22)21-11-9-20(2)10-12-21;1-19-7-9-20(10-8-19)13-3-5-21(6-4-13)15-12-17(25-2)16(22(23)24)11-14(15)18;1-6-9-10-7(2,3)8(4,5)11-9/h4,13-14,16H,1,5-12H2,2-3H3;11-13H,3-10H2,1-2H3;6H,1H2,2-5H3. The highest BCUT2D eigenvalue weighted by Crippen LogP contribution is 2.40. The quantitative estimate of drug-likeness (QED) is 0.139. The summed E-state index contributed by atoms with van der Waals surface area (Å²) in [4.78, 5) is 36.2. The molecular weight excluding hydrogens is 859 g/mol. The molecule has 5 heterocycles. The lowest BCUT2D eigenvalue weighted by Gasteiger charge is -2.42. The van der Waals surface area contributed by atoms with Crippen molar-refractivity contribution in [2.24, 2.45) is 0 Å². The van der Waals surface area contributed by atoms with E-state index in [4.69, 9.17) is 18.8 Å². The number of likely N-dealkylation sites (N-methyl/N-ethyl adjacent to an activating group) is 2. The van der Waals surface area contributed by atoms with Crippen LogP contribution in [0.5, 0.6) is 11.5 Å². The number of nitro groups is 2. The van der Waals surface area contributed by atoms with Gasteiger partial charge in [0.1, 0.15) is 0 Å². The Bertz CT molecular complexity index is 1840. The Hall–Kier alpha value is -3.78. The number of methoxy groups -OCH3 is 2. The Balaban J connectivity index is 0.000000190. The van der Waals surface area contributed by atoms with E-state index in [2.05, 4.69) is 72.6 Å². The lowest BCUT2D eigenvalue weighted by Crippen LogP contribution is -2.52. The molecule has 0 unspecified atom stereocenters. The summed E-state index contributed by atoms with van der Waals surface area (Å²) in [5.74, 6) is 2.29. The van der Waals surface area contributed by atoms with Crippen molar-refractivity contribution in [2.75, 3.05) is 117 Å². The van der Waals surface area contributed by atoms with Crippen molar-refractivity contribution in [3.8, 4) is 11.5 Å². The molecule has 5 fully saturated rings. The van der Waals surface area contributed by atoms with E-state index in [1.54, 1.807) is 36.3 Å². The molecule has 0 spiro atoms. The third-order valence-electron chi connectivity index (χ3n) is 13.4. The third kappa shape index (κ3) is 12.1. The summed E-state index contributed by atoms with van der Waals surface area (Å²) >= 11 is 3.50. The number of nitrogens with zero attached hydrogens (tertiary/aromatic N) is 8. The zero-order chi connectivity index (χ0) is 45.4. The van der Waals surface area contributed by atoms with Gasteiger partial charge in [-0.25, -0.2) is 0 Å². The molecule has 0 radical (unpaired) electrons. The fraction of sp³-hybridized carbons (Fsp3) is 0.636. The molecule has 18 heteroatoms. The second kappa shape index (κ2) is 21.7. The normalized spacial score (nSPS) is 21.6. The van der Waals surface area contributed by atoms with E-state index in [0.717, 1.165) is 126 Å². The van der Waals surface area contributed by atoms with Crippen molar-refractivity contribution in [1.82, 2.24) is 19.6 Å². The van der Waals surface area contributed by atoms with Gasteiger partial charge in [0.2, 0.25) is 0 Å². The van der Waals surface area contributed by atoms with Gasteiger partial charge in [0, 0.05) is 131 Å². The number of anilines is 2. The van der Waals surface area contributed by atoms with Crippen LogP contribution in [-0.2, 0) is 9.31 Å². The lowest BCUT2D eigenvalue weighted by atomic mass is 9.90. The van der Waals surface area contributed by atoms with E-state index >= 15 is 0 Å². The smallest absolute Gasteiger partial charge is 0.486 e. The van der Waals surface area contributed by atoms with E-state index in [0.29, 0.717) is 23.6 Å². The van der Waals surface area contributed by atoms with Gasteiger partial charge in [-0.1, -0.05) is 18.6 Å². The van der Waals surface area contributed by atoms with E-state index in [9.17, 15) is 20.2 Å². The third-order valence-corrected chi connectivity index (χ3v) is 14.0. The van der Waals surface area contributed by atoms with Crippen molar-refractivity contribution < 1.29 is 28.6 Å². The number of benzene rings is 2. The molecule has 0 atom stereocenters. The number of nitro benzene ring substituents is 2. The van der Waals surface area contributed by atoms with Gasteiger partial charge in [-0.3, -0.25) is 30.0 Å². The van der Waals surface area contributed by atoms with Gasteiger partial charge in [-0.05, 0) is 83.4 Å². The zero-order valence-corrected chi connectivity index (χ0v) is 39.7. The van der Waals surface area contributed by atoms with Crippen LogP contribution < -0.4 is 19.3 Å². The summed E-state index contributed by atoms with van der Waals surface area (Å²) < 4.78 is 22.4. The predicted molar refractivity (Wildman–Crippen MR) is 252 cm³/mol. The average molecular weight is 928 g/mol. The number of hydrogen-bond donors (Lipinski definition) is 0. The van der Waals surface area contributed by atoms with E-state index in [1.807, 2.05) is 27.7 Å². The molecule has 62 heavy (non-hydrogen) atoms. The van der Waals surface area contributed by atoms with Crippen molar-refractivity contribution in [3.05, 3.63) is 73.7 Å². The van der Waals surface area contributed by atoms with Crippen LogP contribution in [0, 0.1) is 20.2 Å². The monoisotopic (exact) mass is 926 g/mol. The highest BCUT2D eigenvalue weighted by molar-refractivity contribution is 9.10. The molecule has 5 aliphatic heterocycles. The Labute approximate surface area is 377 Å². The van der Waals surface area contributed by atoms with Crippen LogP contribution in [0.15, 0.2) is 47.9 Å². The van der Waals surface area contributed by atoms with Gasteiger partial charge < -0.3 is 38.4 Å². The van der Waals surface area contributed by atoms with Gasteiger partial charge in [0.15, 0.2) is 11.5 Å². The molecule has 5 saturated heterocycles. The Morgan fingerprint density at radius 1 is 0.677 bits per heavy atom. The van der Waals surface area contributed by atoms with Gasteiger partial charge in [0.05, 0.1) is 41.0 Å². The van der Waals surface area contributed by atoms with Gasteiger partial charge in [0.25, 0.3) is 0 Å². The van der Waals surface area contributed by atoms with Crippen molar-refractivity contribution in [1.29, 1.82) is 0 Å². The summed E-state index contributed by atoms with van der Waals surface area (Å²) in [7, 11) is 7.05. The minimum absolute atomic E-state index is 0.00884. The Morgan fingerprint density at radius 3 is 1.42 bits per heavy atom. The Kier molecular flexibility index (Phi) is 17.3. The van der Waals surface area contributed by atoms with Crippen LogP contribution in [0.2, 0.25) is 0 Å². The molecule has 0 amide bonds. The number of rotatable bonds is 10. The summed E-state index contributed by atoms with van der Waals surface area (Å²) in [5, 5.41) is 22.4. The molecule has 0 aliphatic carbocycles. The predicted octanol–water partition coefficient (Wildman–Crippen LogP) is 6.85. The minimum atomic E-state index is -0.410. The number of hydrogen-bond acceptors (Lipinski definition) is 14. The van der Waals surface area contributed by atoms with Gasteiger partial charge in [-0.15, -0.1) is 6.58 Å². The zero-order valence-electron chi connectivity index (χ0n) is 38.1. The van der Waals surface area contributed by atoms with E-state index in [-0.39, 0.29) is 29.7 Å². The first-order valence-electron chi connectivity index (χ1n) is 21.8. The molecule has 7 rings (SSSR count). The van der Waals surface area contributed by atoms with Crippen molar-refractivity contribution in [2.45, 2.75) is 76.7 Å². The second-order valence-electron chi connectivity index (χ2n) is 17.8. The van der Waals surface area contributed by atoms with Crippen LogP contribution in [0.4, 0.5) is 22.7 Å². The number of piperazine rings is 2. The second-order valence-corrected chi connectivity index (χ2v) is 18.6. The molecule has 2 aromatic carbocycles. The maximum Gasteiger partial charge on any atom is 0.486 e. The van der Waals surface area contributed by atoms with Crippen LogP contribution in [0.1, 0.15) is 58.9 Å². The topological polar surface area (TPSA) is 143 Å². The van der Waals surface area contributed by atoms with Crippen LogP contribution in [0.25, 0.3) is 6.08 Å². The fourth-order valence-electron chi connectivity index (χ4n) is 8.70. The average Bonchev–Trinajstić information content (AvgIpc) is 3.49. The lowest BCUT2D eigenvalue weighted by molar-refractivity contribution is -0.385. The van der Waals surface area contributed by atoms with Crippen LogP contribution in [-0.4, -0.2) is 167 Å². The summed E-state index contributed by atoms with van der Waals surface area (Å²) in [6, 6.07) is 7.94. The highest BCUT2D eigenvalue weighted by atomic mass is 79.9. The number of piperidine rings is 2. The van der Waals surface area contributed by atoms with Crippen LogP contribution in [0.3, 0.4) is 0 Å². The largest absolute Gasteiger partial charge is 0.490 e. The molecule has 342 valence electrons. The molecule has 5 aliphatic rings. The number of halogens is 1. The SMILES string of the molecule is C=CB1OC(C)(C)C(C)(C)O1.C=Cc1cc([N+](=O)[O-])c(OC)cc1N1CCC(N2CCN(C)CC2)CC1.COc1cc(N2CCC(N3CCN(C)CC3)CC2)c(Br)cc1[N+](=O)[O-]. The first-order chi connectivity index (χ1) is 29.4. The maximum atomic E-state index is 11.2. The maximum absolute atomic E-state index is 11.2. The molecular formula is C44H68BBrN8O8. The van der Waals surface area contributed by atoms with Crippen molar-refractivity contribution >= 4 is 51.9 Å². The van der Waals surface area contributed by atoms with Gasteiger partial charge in [-0.2, -0.15) is 0 Å². The molecule has 0 aromatic heterocycles. The molecule has 0 N–H and O–H groups in total. The minimum Gasteiger partial charge on any atom is -0.490 e. The number of ether oxygens (including phenoxy) is 2. The molecule has 0 saturated carbocycles. The van der Waals surface area contributed by atoms with E-state index in [1.165, 1.54) is 14.2 Å². The molecule has 16 nitrogen and oxygen atoms in total. The fourth-order valence-corrected chi connectivity index (χ4v) is 9.28. The summed E-state index contributed by atoms with van der Waals surface area (Å²) in [6.07, 6.45) is 6.15. The first-order valence-corrected chi connectivity index (χ1v) is 22.5. The highest BCUT2D eigenvalue weighted by Gasteiger charge is 2.49. The van der Waals surface area contributed by atoms with Gasteiger partial charge >= 0.3 is 18.5 Å². The van der Waals surface area contributed by atoms with Crippen LogP contribution >= 0.6 is 15.9 Å². The summed E-state index contributed by atoms with van der Waals surface area (Å²) in [5.41, 5.74) is 2.25. The van der Waals surface area contributed by atoms with E-state index < -0.39 is 9.85 Å². The molecule has 2 aromatic rings. The Morgan fingerprint density at radius 2 is 1.06 bits per heavy atom. The molecule has 0 bridgehead atoms. The first kappa shape index (κ1) is 49.2.